The Kier molecular flexibility index (Phi) is 1.70. The lowest BCUT2D eigenvalue weighted by atomic mass is 9.97. The van der Waals surface area contributed by atoms with Crippen LogP contribution in [0.3, 0.4) is 0 Å². The number of aromatic nitrogens is 1. The number of fused-ring (bicyclic) bond motifs is 1. The summed E-state index contributed by atoms with van der Waals surface area (Å²) < 4.78 is 14.9. The van der Waals surface area contributed by atoms with Crippen LogP contribution in [0.2, 0.25) is 0 Å². The molecule has 3 heteroatoms. The number of nitrogens with zero attached hydrogens (tertiary/aromatic N) is 1. The fourth-order valence-electron chi connectivity index (χ4n) is 2.55. The molecule has 84 valence electrons. The maximum absolute atomic E-state index is 9.97. The Balaban J connectivity index is 1.96. The summed E-state index contributed by atoms with van der Waals surface area (Å²) >= 11 is 0. The summed E-state index contributed by atoms with van der Waals surface area (Å²) in [6.07, 6.45) is 2.89. The second-order valence-corrected chi connectivity index (χ2v) is 4.42. The molecule has 2 N–H and O–H groups in total. The predicted octanol–water partition coefficient (Wildman–Crippen LogP) is 2.29. The Bertz CT molecular complexity index is 567. The first-order valence-electron chi connectivity index (χ1n) is 6.70. The molecule has 0 aliphatic carbocycles. The first-order chi connectivity index (χ1) is 8.66. The zero-order chi connectivity index (χ0) is 12.7. The molecular weight excluding hydrogens is 200 g/mol. The van der Waals surface area contributed by atoms with Gasteiger partial charge in [0.1, 0.15) is 5.75 Å². The van der Waals surface area contributed by atoms with Crippen LogP contribution in [0.4, 0.5) is 0 Å². The van der Waals surface area contributed by atoms with E-state index in [1.165, 1.54) is 0 Å². The topological polar surface area (TPSA) is 39.3 Å². The number of hydrogen-bond acceptors (Lipinski definition) is 2. The molecule has 1 atom stereocenters. The molecule has 0 amide bonds. The average Bonchev–Trinajstić information content (AvgIpc) is 2.94. The predicted molar refractivity (Wildman–Crippen MR) is 64.8 cm³/mol. The number of aromatic amines is 1. The fourth-order valence-corrected chi connectivity index (χ4v) is 2.55. The molecule has 1 aliphatic heterocycles. The Labute approximate surface area is 97.5 Å². The normalized spacial score (nSPS) is 23.9. The van der Waals surface area contributed by atoms with E-state index in [0.29, 0.717) is 11.7 Å². The van der Waals surface area contributed by atoms with Crippen molar-refractivity contribution in [2.45, 2.75) is 12.3 Å². The van der Waals surface area contributed by atoms with Crippen LogP contribution in [0.1, 0.15) is 20.6 Å². The Morgan fingerprint density at radius 2 is 2.50 bits per heavy atom. The minimum absolute atomic E-state index is 0.297. The van der Waals surface area contributed by atoms with Gasteiger partial charge in [-0.15, -0.1) is 0 Å². The number of phenols is 1. The van der Waals surface area contributed by atoms with Crippen molar-refractivity contribution in [3.63, 3.8) is 0 Å². The van der Waals surface area contributed by atoms with Gasteiger partial charge in [0.25, 0.3) is 0 Å². The highest BCUT2D eigenvalue weighted by atomic mass is 16.3. The monoisotopic (exact) mass is 218 g/mol. The van der Waals surface area contributed by atoms with E-state index in [9.17, 15) is 5.11 Å². The first kappa shape index (κ1) is 7.74. The van der Waals surface area contributed by atoms with Crippen LogP contribution in [-0.4, -0.2) is 35.1 Å². The van der Waals surface area contributed by atoms with E-state index in [0.717, 1.165) is 36.0 Å². The van der Waals surface area contributed by atoms with Crippen molar-refractivity contribution in [3.05, 3.63) is 30.0 Å². The van der Waals surface area contributed by atoms with Gasteiger partial charge in [-0.2, -0.15) is 0 Å². The van der Waals surface area contributed by atoms with Gasteiger partial charge in [0.2, 0.25) is 0 Å². The number of likely N-dealkylation sites (tertiary alicyclic amines) is 1. The summed E-state index contributed by atoms with van der Waals surface area (Å²) in [5, 5.41) is 10.9. The Morgan fingerprint density at radius 1 is 1.56 bits per heavy atom. The van der Waals surface area contributed by atoms with Gasteiger partial charge in [-0.05, 0) is 37.7 Å². The molecule has 3 rings (SSSR count). The molecular formula is C13H16N2O. The molecule has 1 aromatic heterocycles. The highest BCUT2D eigenvalue weighted by Crippen LogP contribution is 2.36. The molecule has 1 unspecified atom stereocenters. The standard InChI is InChI=1S/C13H16N2O/c1-15-6-5-9(8-15)10-7-14-11-3-2-4-12(16)13(10)11/h2-4,7,9,14,16H,5-6,8H2,1H3/i1D2. The highest BCUT2D eigenvalue weighted by Gasteiger charge is 2.24. The number of hydrogen-bond donors (Lipinski definition) is 2. The van der Waals surface area contributed by atoms with Crippen LogP contribution in [0.15, 0.2) is 24.4 Å². The van der Waals surface area contributed by atoms with E-state index >= 15 is 0 Å². The van der Waals surface area contributed by atoms with Crippen LogP contribution in [0.5, 0.6) is 5.75 Å². The van der Waals surface area contributed by atoms with Crippen LogP contribution >= 0.6 is 0 Å². The van der Waals surface area contributed by atoms with E-state index < -0.39 is 7.00 Å². The molecule has 2 aromatic rings. The van der Waals surface area contributed by atoms with Gasteiger partial charge in [0.05, 0.1) is 0 Å². The maximum atomic E-state index is 9.97. The summed E-state index contributed by atoms with van der Waals surface area (Å²) in [4.78, 5) is 5.01. The lowest BCUT2D eigenvalue weighted by molar-refractivity contribution is 0.411. The third kappa shape index (κ3) is 1.39. The van der Waals surface area contributed by atoms with E-state index in [4.69, 9.17) is 2.74 Å². The molecule has 1 saturated heterocycles. The second-order valence-electron chi connectivity index (χ2n) is 4.42. The quantitative estimate of drug-likeness (QED) is 0.771. The summed E-state index contributed by atoms with van der Waals surface area (Å²) in [6.45, 7) is 0.607. The Morgan fingerprint density at radius 3 is 3.31 bits per heavy atom. The molecule has 0 spiro atoms. The van der Waals surface area contributed by atoms with Crippen LogP contribution in [0.25, 0.3) is 10.9 Å². The highest BCUT2D eigenvalue weighted by molar-refractivity contribution is 5.89. The summed E-state index contributed by atoms with van der Waals surface area (Å²) in [5.74, 6) is 0.598. The number of nitrogens with one attached hydrogen (secondary N) is 1. The number of aromatic hydroxyl groups is 1. The number of phenolic OH excluding ortho intramolecular Hbond substituents is 1. The largest absolute Gasteiger partial charge is 0.507 e. The van der Waals surface area contributed by atoms with Gasteiger partial charge < -0.3 is 15.0 Å². The van der Waals surface area contributed by atoms with Crippen LogP contribution in [0, 0.1) is 0 Å². The number of H-pyrrole nitrogens is 1. The zero-order valence-electron chi connectivity index (χ0n) is 11.0. The molecule has 0 radical (unpaired) electrons. The van der Waals surface area contributed by atoms with Gasteiger partial charge in [-0.25, -0.2) is 0 Å². The minimum atomic E-state index is -0.895. The maximum Gasteiger partial charge on any atom is 0.125 e. The van der Waals surface area contributed by atoms with Crippen molar-refractivity contribution >= 4 is 10.9 Å². The lowest BCUT2D eigenvalue weighted by Crippen LogP contribution is -2.13. The molecule has 3 nitrogen and oxygen atoms in total. The minimum Gasteiger partial charge on any atom is -0.507 e. The van der Waals surface area contributed by atoms with Crippen LogP contribution < -0.4 is 0 Å². The number of likely N-dealkylation sites (N-methyl/N-ethyl adjacent to an activating group) is 1. The summed E-state index contributed by atoms with van der Waals surface area (Å²) in [7, 11) is 0. The third-order valence-electron chi connectivity index (χ3n) is 3.37. The van der Waals surface area contributed by atoms with Crippen molar-refractivity contribution in [2.24, 2.45) is 0 Å². The molecule has 16 heavy (non-hydrogen) atoms. The van der Waals surface area contributed by atoms with Crippen molar-refractivity contribution < 1.29 is 7.85 Å². The van der Waals surface area contributed by atoms with E-state index in [1.807, 2.05) is 23.2 Å². The SMILES string of the molecule is [2H]C([2H])N1CCC(c2c[nH]c3cccc(O)c23)C1. The molecule has 2 heterocycles. The second kappa shape index (κ2) is 3.52. The van der Waals surface area contributed by atoms with Crippen LogP contribution in [-0.2, 0) is 0 Å². The van der Waals surface area contributed by atoms with E-state index in [1.54, 1.807) is 6.07 Å². The van der Waals surface area contributed by atoms with Crippen molar-refractivity contribution in [1.29, 1.82) is 0 Å². The summed E-state index contributed by atoms with van der Waals surface area (Å²) in [6, 6.07) is 5.47. The molecule has 1 fully saturated rings. The van der Waals surface area contributed by atoms with E-state index in [2.05, 4.69) is 4.98 Å². The smallest absolute Gasteiger partial charge is 0.125 e. The van der Waals surface area contributed by atoms with Crippen molar-refractivity contribution in [3.8, 4) is 5.75 Å². The van der Waals surface area contributed by atoms with Gasteiger partial charge >= 0.3 is 0 Å². The molecule has 0 bridgehead atoms. The Hall–Kier alpha value is -1.48. The average molecular weight is 218 g/mol. The lowest BCUT2D eigenvalue weighted by Gasteiger charge is -2.09. The number of rotatable bonds is 1. The summed E-state index contributed by atoms with van der Waals surface area (Å²) in [5.41, 5.74) is 2.04. The fraction of sp³-hybridized carbons (Fsp3) is 0.385. The van der Waals surface area contributed by atoms with Gasteiger partial charge in [0.15, 0.2) is 0 Å². The van der Waals surface area contributed by atoms with Crippen molar-refractivity contribution in [2.75, 3.05) is 20.1 Å². The number of benzene rings is 1. The molecule has 1 aliphatic rings. The van der Waals surface area contributed by atoms with Gasteiger partial charge in [0, 0.05) is 32.3 Å². The zero-order valence-corrected chi connectivity index (χ0v) is 8.98. The van der Waals surface area contributed by atoms with Gasteiger partial charge in [-0.3, -0.25) is 0 Å². The molecule has 1 aromatic carbocycles. The third-order valence-corrected chi connectivity index (χ3v) is 3.37. The van der Waals surface area contributed by atoms with E-state index in [-0.39, 0.29) is 0 Å². The van der Waals surface area contributed by atoms with Crippen molar-refractivity contribution in [1.82, 2.24) is 9.88 Å². The molecule has 0 saturated carbocycles. The van der Waals surface area contributed by atoms with Gasteiger partial charge in [-0.1, -0.05) is 6.07 Å². The first-order valence-corrected chi connectivity index (χ1v) is 5.54.